The Hall–Kier alpha value is -2.62. The molecule has 0 saturated heterocycles. The lowest BCUT2D eigenvalue weighted by Crippen LogP contribution is -2.19. The van der Waals surface area contributed by atoms with Crippen LogP contribution >= 0.6 is 0 Å². The molecule has 0 aromatic heterocycles. The largest absolute Gasteiger partial charge is 0.384 e. The van der Waals surface area contributed by atoms with E-state index in [-0.39, 0.29) is 0 Å². The lowest BCUT2D eigenvalue weighted by Gasteiger charge is -2.19. The molecule has 3 aliphatic rings. The number of hydrogen-bond acceptors (Lipinski definition) is 3. The Labute approximate surface area is 197 Å². The van der Waals surface area contributed by atoms with Crippen molar-refractivity contribution in [3.63, 3.8) is 0 Å². The zero-order chi connectivity index (χ0) is 22.0. The molecule has 3 aromatic rings. The van der Waals surface area contributed by atoms with Gasteiger partial charge in [-0.3, -0.25) is 0 Å². The van der Waals surface area contributed by atoms with Crippen molar-refractivity contribution in [2.24, 2.45) is 0 Å². The standard InChI is InChI=1S/C30H34N2O/c1-2-4-27-19-31-29(12-11-21(27)3-1)26-9-6-23-7-10-28(20-32-30(23)18-26)24-8-5-22-13-15-33-16-14-25(22)17-24/h1-6,8-9,17-18,28-29,31-32H,7,10-16,19-20H2. The van der Waals surface area contributed by atoms with Crippen LogP contribution in [-0.4, -0.2) is 19.8 Å². The Morgan fingerprint density at radius 3 is 2.36 bits per heavy atom. The quantitative estimate of drug-likeness (QED) is 0.537. The molecule has 0 amide bonds. The number of benzene rings is 3. The summed E-state index contributed by atoms with van der Waals surface area (Å²) in [6.07, 6.45) is 6.72. The molecule has 0 saturated carbocycles. The van der Waals surface area contributed by atoms with Gasteiger partial charge in [0.15, 0.2) is 0 Å². The Morgan fingerprint density at radius 2 is 1.42 bits per heavy atom. The minimum absolute atomic E-state index is 0.412. The highest BCUT2D eigenvalue weighted by molar-refractivity contribution is 5.55. The van der Waals surface area contributed by atoms with Gasteiger partial charge in [0.25, 0.3) is 0 Å². The van der Waals surface area contributed by atoms with Gasteiger partial charge in [-0.1, -0.05) is 54.6 Å². The van der Waals surface area contributed by atoms with Crippen LogP contribution in [-0.2, 0) is 37.0 Å². The van der Waals surface area contributed by atoms with Crippen LogP contribution in [0.3, 0.4) is 0 Å². The minimum Gasteiger partial charge on any atom is -0.384 e. The van der Waals surface area contributed by atoms with Crippen LogP contribution in [0.4, 0.5) is 5.69 Å². The van der Waals surface area contributed by atoms with Gasteiger partial charge in [0.1, 0.15) is 0 Å². The molecule has 6 rings (SSSR count). The molecule has 2 N–H and O–H groups in total. The first kappa shape index (κ1) is 20.9. The summed E-state index contributed by atoms with van der Waals surface area (Å²) < 4.78 is 5.69. The van der Waals surface area contributed by atoms with Gasteiger partial charge >= 0.3 is 0 Å². The van der Waals surface area contributed by atoms with Crippen LogP contribution in [0.15, 0.2) is 60.7 Å². The van der Waals surface area contributed by atoms with Crippen LogP contribution < -0.4 is 10.6 Å². The van der Waals surface area contributed by atoms with Crippen molar-refractivity contribution >= 4 is 5.69 Å². The van der Waals surface area contributed by atoms with Gasteiger partial charge in [-0.15, -0.1) is 0 Å². The zero-order valence-electron chi connectivity index (χ0n) is 19.4. The average molecular weight is 439 g/mol. The van der Waals surface area contributed by atoms with Gasteiger partial charge in [0.05, 0.1) is 13.2 Å². The Balaban J connectivity index is 1.17. The van der Waals surface area contributed by atoms with Crippen LogP contribution in [0.2, 0.25) is 0 Å². The molecule has 0 bridgehead atoms. The minimum atomic E-state index is 0.412. The molecule has 3 nitrogen and oxygen atoms in total. The van der Waals surface area contributed by atoms with Crippen LogP contribution in [0.5, 0.6) is 0 Å². The lowest BCUT2D eigenvalue weighted by atomic mass is 9.89. The van der Waals surface area contributed by atoms with E-state index in [0.29, 0.717) is 12.0 Å². The van der Waals surface area contributed by atoms with E-state index >= 15 is 0 Å². The van der Waals surface area contributed by atoms with E-state index in [1.807, 2.05) is 0 Å². The maximum Gasteiger partial charge on any atom is 0.0506 e. The summed E-state index contributed by atoms with van der Waals surface area (Å²) in [6, 6.07) is 23.6. The molecule has 170 valence electrons. The van der Waals surface area contributed by atoms with E-state index < -0.39 is 0 Å². The second kappa shape index (κ2) is 9.32. The smallest absolute Gasteiger partial charge is 0.0506 e. The van der Waals surface area contributed by atoms with Gasteiger partial charge in [-0.2, -0.15) is 0 Å². The van der Waals surface area contributed by atoms with Gasteiger partial charge in [0, 0.05) is 30.7 Å². The van der Waals surface area contributed by atoms with E-state index in [2.05, 4.69) is 71.3 Å². The van der Waals surface area contributed by atoms with Crippen LogP contribution in [0, 0.1) is 0 Å². The fourth-order valence-electron chi connectivity index (χ4n) is 5.88. The molecule has 3 heterocycles. The number of anilines is 1. The molecule has 3 aromatic carbocycles. The second-order valence-corrected chi connectivity index (χ2v) is 9.91. The Bertz CT molecular complexity index is 1110. The van der Waals surface area contributed by atoms with E-state index in [1.165, 1.54) is 51.1 Å². The summed E-state index contributed by atoms with van der Waals surface area (Å²) in [6.45, 7) is 3.68. The van der Waals surface area contributed by atoms with Gasteiger partial charge in [-0.25, -0.2) is 0 Å². The summed E-state index contributed by atoms with van der Waals surface area (Å²) in [5, 5.41) is 7.63. The van der Waals surface area contributed by atoms with Crippen LogP contribution in [0.25, 0.3) is 0 Å². The third-order valence-electron chi connectivity index (χ3n) is 7.93. The first-order valence-electron chi connectivity index (χ1n) is 12.7. The first-order valence-corrected chi connectivity index (χ1v) is 12.7. The summed E-state index contributed by atoms with van der Waals surface area (Å²) in [4.78, 5) is 0. The van der Waals surface area contributed by atoms with E-state index in [0.717, 1.165) is 58.4 Å². The topological polar surface area (TPSA) is 33.3 Å². The van der Waals surface area contributed by atoms with Crippen molar-refractivity contribution in [3.05, 3.63) is 99.6 Å². The molecule has 0 fully saturated rings. The third kappa shape index (κ3) is 4.45. The lowest BCUT2D eigenvalue weighted by molar-refractivity contribution is 0.146. The Morgan fingerprint density at radius 1 is 0.667 bits per heavy atom. The molecule has 33 heavy (non-hydrogen) atoms. The number of rotatable bonds is 2. The Kier molecular flexibility index (Phi) is 5.92. The van der Waals surface area contributed by atoms with Gasteiger partial charge < -0.3 is 15.4 Å². The molecule has 3 heteroatoms. The highest BCUT2D eigenvalue weighted by atomic mass is 16.5. The zero-order valence-corrected chi connectivity index (χ0v) is 19.4. The van der Waals surface area contributed by atoms with Crippen LogP contribution in [0.1, 0.15) is 63.7 Å². The maximum absolute atomic E-state index is 5.69. The summed E-state index contributed by atoms with van der Waals surface area (Å²) in [7, 11) is 0. The fourth-order valence-corrected chi connectivity index (χ4v) is 5.88. The molecule has 0 spiro atoms. The van der Waals surface area contributed by atoms with Crippen molar-refractivity contribution in [1.29, 1.82) is 0 Å². The SMILES string of the molecule is c1ccc2c(c1)CCC(c1ccc3c(c1)NCC(c1ccc4c(c1)CCOCC4)CC3)NC2. The number of hydrogen-bond donors (Lipinski definition) is 2. The molecule has 2 atom stereocenters. The van der Waals surface area contributed by atoms with Gasteiger partial charge in [-0.05, 0) is 83.5 Å². The third-order valence-corrected chi connectivity index (χ3v) is 7.93. The molecule has 2 unspecified atom stereocenters. The predicted molar refractivity (Wildman–Crippen MR) is 135 cm³/mol. The summed E-state index contributed by atoms with van der Waals surface area (Å²) in [5.41, 5.74) is 11.6. The highest BCUT2D eigenvalue weighted by Crippen LogP contribution is 2.34. The molecule has 0 radical (unpaired) electrons. The molecule has 3 aliphatic heterocycles. The number of ether oxygens (including phenoxy) is 1. The van der Waals surface area contributed by atoms with Crippen molar-refractivity contribution < 1.29 is 4.74 Å². The van der Waals surface area contributed by atoms with E-state index in [4.69, 9.17) is 4.74 Å². The number of aryl methyl sites for hydroxylation is 2. The van der Waals surface area contributed by atoms with E-state index in [1.54, 1.807) is 0 Å². The highest BCUT2D eigenvalue weighted by Gasteiger charge is 2.22. The first-order chi connectivity index (χ1) is 16.3. The van der Waals surface area contributed by atoms with E-state index in [9.17, 15) is 0 Å². The second-order valence-electron chi connectivity index (χ2n) is 9.91. The average Bonchev–Trinajstić information content (AvgIpc) is 3.31. The molecule has 0 aliphatic carbocycles. The molecular weight excluding hydrogens is 404 g/mol. The summed E-state index contributed by atoms with van der Waals surface area (Å²) in [5.74, 6) is 0.556. The number of nitrogens with one attached hydrogen (secondary N) is 2. The molecular formula is C30H34N2O. The van der Waals surface area contributed by atoms with Crippen molar-refractivity contribution in [3.8, 4) is 0 Å². The van der Waals surface area contributed by atoms with Crippen molar-refractivity contribution in [1.82, 2.24) is 5.32 Å². The monoisotopic (exact) mass is 438 g/mol. The number of fused-ring (bicyclic) bond motifs is 3. The van der Waals surface area contributed by atoms with Crippen molar-refractivity contribution in [2.45, 2.75) is 57.0 Å². The summed E-state index contributed by atoms with van der Waals surface area (Å²) >= 11 is 0. The van der Waals surface area contributed by atoms with Crippen molar-refractivity contribution in [2.75, 3.05) is 25.1 Å². The fraction of sp³-hybridized carbons (Fsp3) is 0.400. The normalized spacial score (nSPS) is 22.5. The maximum atomic E-state index is 5.69. The van der Waals surface area contributed by atoms with Gasteiger partial charge in [0.2, 0.25) is 0 Å². The predicted octanol–water partition coefficient (Wildman–Crippen LogP) is 5.72.